The van der Waals surface area contributed by atoms with Gasteiger partial charge in [0.15, 0.2) is 5.78 Å². The molecule has 2 aromatic heterocycles. The lowest BCUT2D eigenvalue weighted by atomic mass is 9.93. The third-order valence-corrected chi connectivity index (χ3v) is 5.65. The van der Waals surface area contributed by atoms with Crippen molar-refractivity contribution in [2.45, 2.75) is 0 Å². The molecule has 3 heterocycles. The van der Waals surface area contributed by atoms with Crippen LogP contribution in [0.2, 0.25) is 0 Å². The molecular formula is C25H21N5O. The molecule has 1 aliphatic rings. The Morgan fingerprint density at radius 1 is 1.00 bits per heavy atom. The van der Waals surface area contributed by atoms with E-state index in [1.807, 2.05) is 49.8 Å². The van der Waals surface area contributed by atoms with E-state index in [9.17, 15) is 4.79 Å². The summed E-state index contributed by atoms with van der Waals surface area (Å²) in [6.45, 7) is 0.471. The summed E-state index contributed by atoms with van der Waals surface area (Å²) in [6.07, 6.45) is 5.46. The van der Waals surface area contributed by atoms with Gasteiger partial charge in [-0.05, 0) is 29.8 Å². The summed E-state index contributed by atoms with van der Waals surface area (Å²) in [5, 5.41) is 1.09. The zero-order valence-electron chi connectivity index (χ0n) is 17.1. The number of aromatic nitrogens is 2. The Kier molecular flexibility index (Phi) is 4.76. The molecule has 2 N–H and O–H groups in total. The van der Waals surface area contributed by atoms with Crippen LogP contribution in [0.5, 0.6) is 0 Å². The molecular weight excluding hydrogens is 386 g/mol. The fourth-order valence-corrected chi connectivity index (χ4v) is 3.98. The number of ketones is 1. The molecule has 2 aromatic carbocycles. The third kappa shape index (κ3) is 3.37. The van der Waals surface area contributed by atoms with E-state index in [4.69, 9.17) is 5.73 Å². The second-order valence-corrected chi connectivity index (χ2v) is 7.49. The molecule has 1 aliphatic heterocycles. The maximum Gasteiger partial charge on any atom is 0.184 e. The Morgan fingerprint density at radius 2 is 1.87 bits per heavy atom. The fraction of sp³-hybridized carbons (Fsp3) is 0.120. The van der Waals surface area contributed by atoms with E-state index in [2.05, 4.69) is 44.1 Å². The van der Waals surface area contributed by atoms with Crippen LogP contribution in [0, 0.1) is 0 Å². The zero-order chi connectivity index (χ0) is 21.4. The molecule has 31 heavy (non-hydrogen) atoms. The van der Waals surface area contributed by atoms with E-state index in [-0.39, 0.29) is 12.3 Å². The number of Topliss-reactive ketones (excluding diaryl/α,β-unsaturated/α-hetero) is 1. The van der Waals surface area contributed by atoms with Crippen LogP contribution in [0.1, 0.15) is 15.9 Å². The van der Waals surface area contributed by atoms with Gasteiger partial charge in [-0.1, -0.05) is 30.3 Å². The van der Waals surface area contributed by atoms with Gasteiger partial charge in [-0.25, -0.2) is 0 Å². The highest BCUT2D eigenvalue weighted by Crippen LogP contribution is 2.32. The normalized spacial score (nSPS) is 13.1. The molecule has 0 amide bonds. The number of carbonyl (C=O) groups is 1. The summed E-state index contributed by atoms with van der Waals surface area (Å²) in [5.41, 5.74) is 12.9. The van der Waals surface area contributed by atoms with Gasteiger partial charge in [0.25, 0.3) is 0 Å². The van der Waals surface area contributed by atoms with Crippen LogP contribution < -0.4 is 10.6 Å². The number of para-hydroxylation sites is 1. The number of pyridine rings is 2. The lowest BCUT2D eigenvalue weighted by molar-refractivity contribution is 0.1000. The Bertz CT molecular complexity index is 1340. The van der Waals surface area contributed by atoms with Crippen molar-refractivity contribution in [3.8, 4) is 11.1 Å². The Morgan fingerprint density at radius 3 is 2.74 bits per heavy atom. The molecule has 5 rings (SSSR count). The van der Waals surface area contributed by atoms with Gasteiger partial charge in [0.2, 0.25) is 0 Å². The van der Waals surface area contributed by atoms with Crippen LogP contribution in [-0.4, -0.2) is 41.6 Å². The average molecular weight is 407 g/mol. The Hall–Kier alpha value is -3.90. The number of nitrogens with two attached hydrogens (primary N) is 1. The summed E-state index contributed by atoms with van der Waals surface area (Å²) >= 11 is 0. The van der Waals surface area contributed by atoms with Crippen molar-refractivity contribution in [2.75, 3.05) is 25.0 Å². The number of anilines is 2. The first-order valence-corrected chi connectivity index (χ1v) is 10.1. The summed E-state index contributed by atoms with van der Waals surface area (Å²) < 4.78 is 0. The molecule has 0 fully saturated rings. The number of aliphatic imine (C=N–C) groups is 1. The third-order valence-electron chi connectivity index (χ3n) is 5.65. The SMILES string of the molecule is CN(c1cncc(-c2ccc3c(c2)C(CN)=NCC3=O)c1)c1cccc2cccnc12. The van der Waals surface area contributed by atoms with Crippen molar-refractivity contribution < 1.29 is 4.79 Å². The van der Waals surface area contributed by atoms with Crippen LogP contribution >= 0.6 is 0 Å². The minimum Gasteiger partial charge on any atom is -0.342 e. The smallest absolute Gasteiger partial charge is 0.184 e. The molecule has 0 atom stereocenters. The van der Waals surface area contributed by atoms with E-state index in [0.29, 0.717) is 12.1 Å². The van der Waals surface area contributed by atoms with Crippen molar-refractivity contribution in [3.05, 3.63) is 84.3 Å². The van der Waals surface area contributed by atoms with Crippen molar-refractivity contribution >= 4 is 33.8 Å². The molecule has 0 aliphatic carbocycles. The second kappa shape index (κ2) is 7.74. The zero-order valence-corrected chi connectivity index (χ0v) is 17.1. The topological polar surface area (TPSA) is 84.5 Å². The summed E-state index contributed by atoms with van der Waals surface area (Å²) in [5.74, 6) is 0.0221. The predicted octanol–water partition coefficient (Wildman–Crippen LogP) is 4.01. The Labute approximate surface area is 180 Å². The van der Waals surface area contributed by atoms with Crippen LogP contribution in [0.15, 0.2) is 78.2 Å². The number of nitrogens with zero attached hydrogens (tertiary/aromatic N) is 4. The first kappa shape index (κ1) is 19.1. The van der Waals surface area contributed by atoms with E-state index in [1.54, 1.807) is 6.20 Å². The van der Waals surface area contributed by atoms with Crippen molar-refractivity contribution in [1.82, 2.24) is 9.97 Å². The fourth-order valence-electron chi connectivity index (χ4n) is 3.98. The standard InChI is InChI=1S/C25H21N5O/c1-30(23-6-2-4-16-5-3-9-28-25(16)23)19-10-18(13-27-14-19)17-7-8-20-21(11-17)22(12-26)29-15-24(20)31/h2-11,13-14H,12,15,26H2,1H3. The van der Waals surface area contributed by atoms with Crippen molar-refractivity contribution in [2.24, 2.45) is 10.7 Å². The maximum absolute atomic E-state index is 12.2. The van der Waals surface area contributed by atoms with Gasteiger partial charge in [0, 0.05) is 48.1 Å². The molecule has 4 aromatic rings. The number of hydrogen-bond donors (Lipinski definition) is 1. The highest BCUT2D eigenvalue weighted by atomic mass is 16.1. The maximum atomic E-state index is 12.2. The largest absolute Gasteiger partial charge is 0.342 e. The monoisotopic (exact) mass is 407 g/mol. The van der Waals surface area contributed by atoms with E-state index in [0.717, 1.165) is 44.7 Å². The molecule has 0 bridgehead atoms. The lowest BCUT2D eigenvalue weighted by Crippen LogP contribution is -2.24. The van der Waals surface area contributed by atoms with Gasteiger partial charge in [-0.3, -0.25) is 19.8 Å². The van der Waals surface area contributed by atoms with Crippen LogP contribution in [-0.2, 0) is 0 Å². The number of hydrogen-bond acceptors (Lipinski definition) is 6. The lowest BCUT2D eigenvalue weighted by Gasteiger charge is -2.21. The van der Waals surface area contributed by atoms with Crippen LogP contribution in [0.3, 0.4) is 0 Å². The Balaban J connectivity index is 1.56. The highest BCUT2D eigenvalue weighted by Gasteiger charge is 2.20. The number of carbonyl (C=O) groups excluding carboxylic acids is 1. The number of fused-ring (bicyclic) bond motifs is 2. The van der Waals surface area contributed by atoms with Crippen LogP contribution in [0.4, 0.5) is 11.4 Å². The van der Waals surface area contributed by atoms with E-state index in [1.165, 1.54) is 0 Å². The second-order valence-electron chi connectivity index (χ2n) is 7.49. The van der Waals surface area contributed by atoms with Crippen molar-refractivity contribution in [1.29, 1.82) is 0 Å². The van der Waals surface area contributed by atoms with E-state index < -0.39 is 0 Å². The quantitative estimate of drug-likeness (QED) is 0.553. The molecule has 0 saturated heterocycles. The molecule has 0 radical (unpaired) electrons. The number of benzene rings is 2. The minimum atomic E-state index is 0.0221. The van der Waals surface area contributed by atoms with Crippen LogP contribution in [0.25, 0.3) is 22.0 Å². The molecule has 6 nitrogen and oxygen atoms in total. The summed E-state index contributed by atoms with van der Waals surface area (Å²) in [7, 11) is 2.01. The van der Waals surface area contributed by atoms with Gasteiger partial charge in [0.05, 0.1) is 28.8 Å². The van der Waals surface area contributed by atoms with Gasteiger partial charge in [0.1, 0.15) is 6.54 Å². The molecule has 152 valence electrons. The summed E-state index contributed by atoms with van der Waals surface area (Å²) in [6, 6.07) is 18.0. The van der Waals surface area contributed by atoms with E-state index >= 15 is 0 Å². The molecule has 6 heteroatoms. The highest BCUT2D eigenvalue weighted by molar-refractivity contribution is 6.16. The summed E-state index contributed by atoms with van der Waals surface area (Å²) in [4.78, 5) is 27.7. The first-order valence-electron chi connectivity index (χ1n) is 10.1. The number of rotatable bonds is 4. The van der Waals surface area contributed by atoms with Gasteiger partial charge in [-0.2, -0.15) is 0 Å². The molecule has 0 unspecified atom stereocenters. The minimum absolute atomic E-state index is 0.0221. The van der Waals surface area contributed by atoms with Gasteiger partial charge in [-0.15, -0.1) is 0 Å². The van der Waals surface area contributed by atoms with Gasteiger partial charge < -0.3 is 10.6 Å². The van der Waals surface area contributed by atoms with Gasteiger partial charge >= 0.3 is 0 Å². The molecule has 0 spiro atoms. The van der Waals surface area contributed by atoms with Crippen molar-refractivity contribution in [3.63, 3.8) is 0 Å². The molecule has 0 saturated carbocycles. The first-order chi connectivity index (χ1) is 15.2. The average Bonchev–Trinajstić information content (AvgIpc) is 2.83. The predicted molar refractivity (Wildman–Crippen MR) is 124 cm³/mol.